The summed E-state index contributed by atoms with van der Waals surface area (Å²) in [6.07, 6.45) is 0.597. The van der Waals surface area contributed by atoms with Crippen LogP contribution in [0.15, 0.2) is 29.2 Å². The molecule has 0 atom stereocenters. The first kappa shape index (κ1) is 15.0. The Bertz CT molecular complexity index is 782. The number of nitrogens with zero attached hydrogens (tertiary/aromatic N) is 1. The minimum atomic E-state index is -3.95. The van der Waals surface area contributed by atoms with Gasteiger partial charge in [0, 0.05) is 0 Å². The van der Waals surface area contributed by atoms with Crippen molar-refractivity contribution in [2.24, 2.45) is 5.14 Å². The van der Waals surface area contributed by atoms with Gasteiger partial charge in [-0.25, -0.2) is 13.6 Å². The van der Waals surface area contributed by atoms with Crippen molar-refractivity contribution >= 4 is 27.3 Å². The van der Waals surface area contributed by atoms with Gasteiger partial charge in [0.2, 0.25) is 10.0 Å². The van der Waals surface area contributed by atoms with Crippen molar-refractivity contribution in [2.45, 2.75) is 18.2 Å². The Morgan fingerprint density at radius 2 is 2.05 bits per heavy atom. The van der Waals surface area contributed by atoms with Crippen molar-refractivity contribution in [3.8, 4) is 0 Å². The van der Waals surface area contributed by atoms with Crippen molar-refractivity contribution in [1.29, 1.82) is 0 Å². The van der Waals surface area contributed by atoms with Crippen LogP contribution in [0.4, 0.5) is 11.4 Å². The van der Waals surface area contributed by atoms with Gasteiger partial charge < -0.3 is 11.1 Å². The van der Waals surface area contributed by atoms with E-state index in [0.717, 1.165) is 0 Å². The van der Waals surface area contributed by atoms with Gasteiger partial charge in [0.1, 0.15) is 4.90 Å². The van der Waals surface area contributed by atoms with Crippen LogP contribution >= 0.6 is 0 Å². The first-order valence-corrected chi connectivity index (χ1v) is 7.65. The average Bonchev–Trinajstić information content (AvgIpc) is 2.79. The van der Waals surface area contributed by atoms with E-state index >= 15 is 0 Å². The van der Waals surface area contributed by atoms with Crippen LogP contribution in [0, 0.1) is 0 Å². The number of sulfonamides is 1. The van der Waals surface area contributed by atoms with E-state index in [-0.39, 0.29) is 22.0 Å². The average molecular weight is 309 g/mol. The van der Waals surface area contributed by atoms with E-state index in [9.17, 15) is 13.2 Å². The fraction of sp³-hybridized carbons (Fsp3) is 0.167. The molecule has 0 saturated heterocycles. The monoisotopic (exact) mass is 309 g/mol. The molecule has 1 heterocycles. The molecule has 0 aliphatic heterocycles. The zero-order chi connectivity index (χ0) is 15.6. The summed E-state index contributed by atoms with van der Waals surface area (Å²) in [6.45, 7) is 1.86. The summed E-state index contributed by atoms with van der Waals surface area (Å²) in [5.41, 5.74) is 6.76. The molecule has 0 unspecified atom stereocenters. The number of nitrogens with one attached hydrogen (secondary N) is 2. The highest BCUT2D eigenvalue weighted by atomic mass is 32.2. The SMILES string of the molecule is CCc1[nH]nc(C(=O)Nc2ccccc2S(N)(=O)=O)c1N. The van der Waals surface area contributed by atoms with Crippen molar-refractivity contribution in [2.75, 3.05) is 11.1 Å². The van der Waals surface area contributed by atoms with Crippen LogP contribution < -0.4 is 16.2 Å². The van der Waals surface area contributed by atoms with Crippen LogP contribution in [-0.4, -0.2) is 24.5 Å². The van der Waals surface area contributed by atoms with E-state index in [4.69, 9.17) is 10.9 Å². The number of aromatic nitrogens is 2. The number of H-pyrrole nitrogens is 1. The molecule has 0 spiro atoms. The predicted octanol–water partition coefficient (Wildman–Crippen LogP) is 0.454. The lowest BCUT2D eigenvalue weighted by atomic mass is 10.2. The summed E-state index contributed by atoms with van der Waals surface area (Å²) < 4.78 is 22.9. The molecule has 0 aliphatic carbocycles. The molecule has 1 aromatic heterocycles. The lowest BCUT2D eigenvalue weighted by Crippen LogP contribution is -2.19. The Kier molecular flexibility index (Phi) is 3.96. The number of carbonyl (C=O) groups excluding carboxylic acids is 1. The second-order valence-electron chi connectivity index (χ2n) is 4.31. The van der Waals surface area contributed by atoms with Crippen LogP contribution in [0.25, 0.3) is 0 Å². The maximum atomic E-state index is 12.1. The zero-order valence-corrected chi connectivity index (χ0v) is 12.1. The number of nitrogen functional groups attached to an aromatic ring is 1. The summed E-state index contributed by atoms with van der Waals surface area (Å²) in [6, 6.07) is 5.82. The number of primary sulfonamides is 1. The van der Waals surface area contributed by atoms with Crippen LogP contribution in [0.1, 0.15) is 23.1 Å². The number of aryl methyl sites for hydroxylation is 1. The smallest absolute Gasteiger partial charge is 0.278 e. The maximum Gasteiger partial charge on any atom is 0.278 e. The highest BCUT2D eigenvalue weighted by Gasteiger charge is 2.20. The first-order valence-electron chi connectivity index (χ1n) is 6.10. The minimum Gasteiger partial charge on any atom is -0.395 e. The molecular weight excluding hydrogens is 294 g/mol. The zero-order valence-electron chi connectivity index (χ0n) is 11.3. The summed E-state index contributed by atoms with van der Waals surface area (Å²) in [7, 11) is -3.95. The second-order valence-corrected chi connectivity index (χ2v) is 5.84. The Hall–Kier alpha value is -2.39. The van der Waals surface area contributed by atoms with Gasteiger partial charge in [-0.3, -0.25) is 9.89 Å². The van der Waals surface area contributed by atoms with E-state index in [1.54, 1.807) is 6.07 Å². The van der Waals surface area contributed by atoms with E-state index in [1.807, 2.05) is 6.92 Å². The minimum absolute atomic E-state index is 0.0103. The van der Waals surface area contributed by atoms with Crippen molar-refractivity contribution in [3.63, 3.8) is 0 Å². The molecule has 21 heavy (non-hydrogen) atoms. The molecule has 0 fully saturated rings. The summed E-state index contributed by atoms with van der Waals surface area (Å²) in [4.78, 5) is 12.0. The number of rotatable bonds is 4. The molecule has 8 nitrogen and oxygen atoms in total. The standard InChI is InChI=1S/C12H15N5O3S/c1-2-7-10(13)11(17-16-7)12(18)15-8-5-3-4-6-9(8)21(14,19)20/h3-6H,2,13H2,1H3,(H,15,18)(H,16,17)(H2,14,19,20). The number of hydrogen-bond donors (Lipinski definition) is 4. The Morgan fingerprint density at radius 1 is 1.38 bits per heavy atom. The van der Waals surface area contributed by atoms with Gasteiger partial charge in [0.25, 0.3) is 5.91 Å². The predicted molar refractivity (Wildman–Crippen MR) is 78.1 cm³/mol. The summed E-state index contributed by atoms with van der Waals surface area (Å²) in [5.74, 6) is -0.612. The molecule has 1 aromatic carbocycles. The summed E-state index contributed by atoms with van der Waals surface area (Å²) >= 11 is 0. The molecule has 0 bridgehead atoms. The molecule has 1 amide bonds. The number of aromatic amines is 1. The highest BCUT2D eigenvalue weighted by Crippen LogP contribution is 2.21. The van der Waals surface area contributed by atoms with E-state index in [0.29, 0.717) is 12.1 Å². The van der Waals surface area contributed by atoms with Crippen molar-refractivity contribution < 1.29 is 13.2 Å². The lowest BCUT2D eigenvalue weighted by molar-refractivity contribution is 0.102. The molecule has 9 heteroatoms. The number of nitrogens with two attached hydrogens (primary N) is 2. The van der Waals surface area contributed by atoms with Crippen LogP contribution in [-0.2, 0) is 16.4 Å². The largest absolute Gasteiger partial charge is 0.395 e. The third kappa shape index (κ3) is 3.03. The number of para-hydroxylation sites is 1. The highest BCUT2D eigenvalue weighted by molar-refractivity contribution is 7.89. The van der Waals surface area contributed by atoms with E-state index < -0.39 is 15.9 Å². The fourth-order valence-electron chi connectivity index (χ4n) is 1.83. The number of benzene rings is 1. The molecule has 6 N–H and O–H groups in total. The first-order chi connectivity index (χ1) is 9.84. The molecular formula is C12H15N5O3S. The number of amides is 1. The van der Waals surface area contributed by atoms with E-state index in [1.165, 1.54) is 18.2 Å². The van der Waals surface area contributed by atoms with Gasteiger partial charge in [-0.2, -0.15) is 5.10 Å². The van der Waals surface area contributed by atoms with Gasteiger partial charge in [-0.05, 0) is 18.6 Å². The van der Waals surface area contributed by atoms with Gasteiger partial charge >= 0.3 is 0 Å². The molecule has 112 valence electrons. The topological polar surface area (TPSA) is 144 Å². The molecule has 0 radical (unpaired) electrons. The molecule has 2 aromatic rings. The molecule has 2 rings (SSSR count). The van der Waals surface area contributed by atoms with Gasteiger partial charge in [0.15, 0.2) is 5.69 Å². The molecule has 0 aliphatic rings. The quantitative estimate of drug-likeness (QED) is 0.648. The van der Waals surface area contributed by atoms with Crippen molar-refractivity contribution in [1.82, 2.24) is 10.2 Å². The van der Waals surface area contributed by atoms with Crippen LogP contribution in [0.3, 0.4) is 0 Å². The van der Waals surface area contributed by atoms with Crippen LogP contribution in [0.5, 0.6) is 0 Å². The third-order valence-corrected chi connectivity index (χ3v) is 3.86. The van der Waals surface area contributed by atoms with Gasteiger partial charge in [-0.15, -0.1) is 0 Å². The lowest BCUT2D eigenvalue weighted by Gasteiger charge is -2.08. The molecule has 0 saturated carbocycles. The summed E-state index contributed by atoms with van der Waals surface area (Å²) in [5, 5.41) is 14.0. The van der Waals surface area contributed by atoms with Crippen LogP contribution in [0.2, 0.25) is 0 Å². The fourth-order valence-corrected chi connectivity index (χ4v) is 2.52. The second kappa shape index (κ2) is 5.54. The Labute approximate surface area is 121 Å². The Balaban J connectivity index is 2.35. The number of anilines is 2. The van der Waals surface area contributed by atoms with E-state index in [2.05, 4.69) is 15.5 Å². The Morgan fingerprint density at radius 3 is 2.62 bits per heavy atom. The van der Waals surface area contributed by atoms with Gasteiger partial charge in [0.05, 0.1) is 17.1 Å². The number of hydrogen-bond acceptors (Lipinski definition) is 5. The van der Waals surface area contributed by atoms with Gasteiger partial charge in [-0.1, -0.05) is 19.1 Å². The normalized spacial score (nSPS) is 11.3. The van der Waals surface area contributed by atoms with Crippen molar-refractivity contribution in [3.05, 3.63) is 35.7 Å². The third-order valence-electron chi connectivity index (χ3n) is 2.89. The maximum absolute atomic E-state index is 12.1. The number of carbonyl (C=O) groups is 1.